The standard InChI is InChI=1S/C14H12F3N3O2S/c1-22-10-4-2-9(3-5-10)11-8-23-12(19-11)20-13(21,6-7-18-20)14(15,16)17/h2-5,7-8,21H,6H2,1H3/t13-/m1/s1. The van der Waals surface area contributed by atoms with Crippen LogP contribution in [-0.2, 0) is 0 Å². The van der Waals surface area contributed by atoms with E-state index in [2.05, 4.69) is 10.1 Å². The van der Waals surface area contributed by atoms with Crippen molar-refractivity contribution in [3.05, 3.63) is 29.6 Å². The lowest BCUT2D eigenvalue weighted by Gasteiger charge is -2.32. The molecule has 0 radical (unpaired) electrons. The molecule has 0 aliphatic carbocycles. The molecule has 23 heavy (non-hydrogen) atoms. The normalized spacial score (nSPS) is 21.0. The van der Waals surface area contributed by atoms with E-state index in [0.29, 0.717) is 16.5 Å². The van der Waals surface area contributed by atoms with Gasteiger partial charge in [-0.05, 0) is 24.3 Å². The Labute approximate surface area is 133 Å². The number of halogens is 3. The van der Waals surface area contributed by atoms with Crippen molar-refractivity contribution in [2.24, 2.45) is 5.10 Å². The minimum Gasteiger partial charge on any atom is -0.497 e. The van der Waals surface area contributed by atoms with Crippen LogP contribution in [-0.4, -0.2) is 35.3 Å². The third-order valence-electron chi connectivity index (χ3n) is 3.44. The van der Waals surface area contributed by atoms with Gasteiger partial charge in [-0.3, -0.25) is 0 Å². The number of hydrogen-bond acceptors (Lipinski definition) is 6. The number of methoxy groups -OCH3 is 1. The molecular formula is C14H12F3N3O2S. The van der Waals surface area contributed by atoms with E-state index in [9.17, 15) is 18.3 Å². The molecule has 0 saturated heterocycles. The predicted molar refractivity (Wildman–Crippen MR) is 80.7 cm³/mol. The monoisotopic (exact) mass is 343 g/mol. The first-order valence-electron chi connectivity index (χ1n) is 6.57. The number of aliphatic hydroxyl groups is 1. The molecule has 1 atom stereocenters. The summed E-state index contributed by atoms with van der Waals surface area (Å²) in [4.78, 5) is 4.16. The van der Waals surface area contributed by atoms with Crippen LogP contribution in [0.1, 0.15) is 6.42 Å². The summed E-state index contributed by atoms with van der Waals surface area (Å²) in [7, 11) is 1.54. The molecule has 0 saturated carbocycles. The number of alkyl halides is 3. The molecule has 0 bridgehead atoms. The fourth-order valence-corrected chi connectivity index (χ4v) is 2.99. The van der Waals surface area contributed by atoms with E-state index in [-0.39, 0.29) is 5.13 Å². The van der Waals surface area contributed by atoms with Crippen molar-refractivity contribution in [2.75, 3.05) is 12.1 Å². The van der Waals surface area contributed by atoms with E-state index in [1.54, 1.807) is 36.8 Å². The molecule has 0 fully saturated rings. The summed E-state index contributed by atoms with van der Waals surface area (Å²) in [5.41, 5.74) is -1.83. The van der Waals surface area contributed by atoms with Crippen molar-refractivity contribution in [2.45, 2.75) is 18.3 Å². The summed E-state index contributed by atoms with van der Waals surface area (Å²) in [5.74, 6) is 0.666. The third kappa shape index (κ3) is 2.66. The Hall–Kier alpha value is -2.13. The fraction of sp³-hybridized carbons (Fsp3) is 0.286. The second-order valence-electron chi connectivity index (χ2n) is 4.87. The van der Waals surface area contributed by atoms with Crippen LogP contribution in [0.4, 0.5) is 18.3 Å². The highest BCUT2D eigenvalue weighted by molar-refractivity contribution is 7.14. The lowest BCUT2D eigenvalue weighted by molar-refractivity contribution is -0.254. The highest BCUT2D eigenvalue weighted by Crippen LogP contribution is 2.42. The number of hydrazone groups is 1. The largest absolute Gasteiger partial charge is 0.497 e. The van der Waals surface area contributed by atoms with Gasteiger partial charge in [0.15, 0.2) is 0 Å². The van der Waals surface area contributed by atoms with E-state index in [4.69, 9.17) is 4.74 Å². The van der Waals surface area contributed by atoms with Crippen LogP contribution in [0.15, 0.2) is 34.7 Å². The average molecular weight is 343 g/mol. The number of rotatable bonds is 3. The van der Waals surface area contributed by atoms with Crippen LogP contribution in [0.5, 0.6) is 5.75 Å². The lowest BCUT2D eigenvalue weighted by atomic mass is 10.1. The number of aromatic nitrogens is 1. The number of nitrogens with zero attached hydrogens (tertiary/aromatic N) is 3. The summed E-state index contributed by atoms with van der Waals surface area (Å²) < 4.78 is 44.3. The van der Waals surface area contributed by atoms with E-state index in [1.807, 2.05) is 0 Å². The quantitative estimate of drug-likeness (QED) is 0.929. The van der Waals surface area contributed by atoms with Gasteiger partial charge in [-0.1, -0.05) is 0 Å². The first-order chi connectivity index (χ1) is 10.8. The van der Waals surface area contributed by atoms with E-state index in [0.717, 1.165) is 23.1 Å². The first-order valence-corrected chi connectivity index (χ1v) is 7.45. The summed E-state index contributed by atoms with van der Waals surface area (Å²) in [6, 6.07) is 6.96. The van der Waals surface area contributed by atoms with Crippen molar-refractivity contribution in [1.29, 1.82) is 0 Å². The summed E-state index contributed by atoms with van der Waals surface area (Å²) in [5, 5.41) is 15.6. The Morgan fingerprint density at radius 3 is 2.61 bits per heavy atom. The minimum atomic E-state index is -4.84. The molecule has 1 aromatic heterocycles. The lowest BCUT2D eigenvalue weighted by Crippen LogP contribution is -2.54. The van der Waals surface area contributed by atoms with Crippen LogP contribution in [0.2, 0.25) is 0 Å². The van der Waals surface area contributed by atoms with Gasteiger partial charge in [0.1, 0.15) is 5.75 Å². The SMILES string of the molecule is COc1ccc(-c2csc(N3N=CC[C@@]3(O)C(F)(F)F)n2)cc1. The van der Waals surface area contributed by atoms with Crippen LogP contribution < -0.4 is 9.75 Å². The number of thiazole rings is 1. The Kier molecular flexibility index (Phi) is 3.77. The maximum Gasteiger partial charge on any atom is 0.438 e. The number of hydrogen-bond donors (Lipinski definition) is 1. The van der Waals surface area contributed by atoms with Gasteiger partial charge in [0.2, 0.25) is 5.13 Å². The molecule has 0 unspecified atom stereocenters. The topological polar surface area (TPSA) is 58.0 Å². The molecule has 1 aromatic carbocycles. The zero-order chi connectivity index (χ0) is 16.7. The molecular weight excluding hydrogens is 331 g/mol. The maximum atomic E-state index is 13.1. The Balaban J connectivity index is 1.91. The molecule has 0 spiro atoms. The molecule has 2 aromatic rings. The van der Waals surface area contributed by atoms with Gasteiger partial charge in [0, 0.05) is 23.6 Å². The molecule has 122 valence electrons. The maximum absolute atomic E-state index is 13.1. The molecule has 1 aliphatic heterocycles. The van der Waals surface area contributed by atoms with Gasteiger partial charge in [-0.15, -0.1) is 11.3 Å². The van der Waals surface area contributed by atoms with Gasteiger partial charge in [-0.25, -0.2) is 4.98 Å². The van der Waals surface area contributed by atoms with Crippen LogP contribution in [0.25, 0.3) is 11.3 Å². The van der Waals surface area contributed by atoms with E-state index in [1.165, 1.54) is 0 Å². The van der Waals surface area contributed by atoms with Gasteiger partial charge < -0.3 is 9.84 Å². The highest BCUT2D eigenvalue weighted by Gasteiger charge is 2.60. The second kappa shape index (κ2) is 5.50. The third-order valence-corrected chi connectivity index (χ3v) is 4.25. The zero-order valence-corrected chi connectivity index (χ0v) is 12.7. The summed E-state index contributed by atoms with van der Waals surface area (Å²) in [6.45, 7) is 0. The van der Waals surface area contributed by atoms with Crippen molar-refractivity contribution < 1.29 is 23.0 Å². The molecule has 1 N–H and O–H groups in total. The second-order valence-corrected chi connectivity index (χ2v) is 5.71. The Morgan fingerprint density at radius 1 is 1.30 bits per heavy atom. The number of anilines is 1. The highest BCUT2D eigenvalue weighted by atomic mass is 32.1. The minimum absolute atomic E-state index is 0.0237. The van der Waals surface area contributed by atoms with E-state index < -0.39 is 18.3 Å². The molecule has 1 aliphatic rings. The Bertz CT molecular complexity index is 730. The zero-order valence-electron chi connectivity index (χ0n) is 11.9. The predicted octanol–water partition coefficient (Wildman–Crippen LogP) is 3.27. The van der Waals surface area contributed by atoms with Crippen molar-refractivity contribution in [1.82, 2.24) is 4.98 Å². The molecule has 0 amide bonds. The van der Waals surface area contributed by atoms with Crippen molar-refractivity contribution in [3.63, 3.8) is 0 Å². The summed E-state index contributed by atoms with van der Waals surface area (Å²) in [6.07, 6.45) is -4.44. The molecule has 3 rings (SSSR count). The molecule has 5 nitrogen and oxygen atoms in total. The molecule has 9 heteroatoms. The van der Waals surface area contributed by atoms with Crippen LogP contribution >= 0.6 is 11.3 Å². The van der Waals surface area contributed by atoms with Gasteiger partial charge in [0.25, 0.3) is 5.72 Å². The number of ether oxygens (including phenoxy) is 1. The van der Waals surface area contributed by atoms with Gasteiger partial charge in [0.05, 0.1) is 12.8 Å². The van der Waals surface area contributed by atoms with Crippen molar-refractivity contribution in [3.8, 4) is 17.0 Å². The smallest absolute Gasteiger partial charge is 0.438 e. The first kappa shape index (κ1) is 15.8. The van der Waals surface area contributed by atoms with Crippen molar-refractivity contribution >= 4 is 22.7 Å². The number of benzene rings is 1. The van der Waals surface area contributed by atoms with E-state index >= 15 is 0 Å². The Morgan fingerprint density at radius 2 is 2.00 bits per heavy atom. The van der Waals surface area contributed by atoms with Gasteiger partial charge >= 0.3 is 6.18 Å². The van der Waals surface area contributed by atoms with Crippen LogP contribution in [0.3, 0.4) is 0 Å². The van der Waals surface area contributed by atoms with Crippen LogP contribution in [0, 0.1) is 0 Å². The molecule has 2 heterocycles. The fourth-order valence-electron chi connectivity index (χ4n) is 2.13. The summed E-state index contributed by atoms with van der Waals surface area (Å²) >= 11 is 0.980. The van der Waals surface area contributed by atoms with Gasteiger partial charge in [-0.2, -0.15) is 23.3 Å². The average Bonchev–Trinajstić information content (AvgIpc) is 3.14.